The number of benzene rings is 1. The van der Waals surface area contributed by atoms with Crippen LogP contribution in [0.2, 0.25) is 0 Å². The van der Waals surface area contributed by atoms with Crippen LogP contribution in [0.1, 0.15) is 5.56 Å². The number of aromatic nitrogens is 2. The summed E-state index contributed by atoms with van der Waals surface area (Å²) in [7, 11) is 0. The largest absolute Gasteiger partial charge is 0.368 e. The van der Waals surface area contributed by atoms with Crippen LogP contribution in [0.5, 0.6) is 0 Å². The van der Waals surface area contributed by atoms with Crippen LogP contribution in [-0.4, -0.2) is 22.9 Å². The molecule has 2 aromatic rings. The molecule has 3 rings (SSSR count). The van der Waals surface area contributed by atoms with Gasteiger partial charge in [0.25, 0.3) is 0 Å². The predicted molar refractivity (Wildman–Crippen MR) is 63.8 cm³/mol. The maximum absolute atomic E-state index is 4.42. The Bertz CT molecular complexity index is 475. The molecular formula is C12H14N4. The van der Waals surface area contributed by atoms with Crippen molar-refractivity contribution in [2.75, 3.05) is 18.4 Å². The van der Waals surface area contributed by atoms with Crippen LogP contribution >= 0.6 is 0 Å². The third-order valence-corrected chi connectivity index (χ3v) is 2.76. The molecule has 0 unspecified atom stereocenters. The average molecular weight is 214 g/mol. The highest BCUT2D eigenvalue weighted by molar-refractivity contribution is 5.51. The number of rotatable bonds is 1. The lowest BCUT2D eigenvalue weighted by Gasteiger charge is -2.08. The summed E-state index contributed by atoms with van der Waals surface area (Å²) in [5.41, 5.74) is 2.32. The van der Waals surface area contributed by atoms with E-state index in [4.69, 9.17) is 0 Å². The number of fused-ring (bicyclic) bond motifs is 1. The van der Waals surface area contributed by atoms with Crippen molar-refractivity contribution in [3.63, 3.8) is 0 Å². The second-order valence-electron chi connectivity index (χ2n) is 3.87. The molecule has 1 aliphatic rings. The number of nitrogens with one attached hydrogen (secondary N) is 2. The van der Waals surface area contributed by atoms with Crippen LogP contribution in [0, 0.1) is 0 Å². The average Bonchev–Trinajstić information content (AvgIpc) is 2.60. The number of hydrogen-bond donors (Lipinski definition) is 2. The van der Waals surface area contributed by atoms with Crippen LogP contribution < -0.4 is 10.6 Å². The summed E-state index contributed by atoms with van der Waals surface area (Å²) in [6.45, 7) is 2.81. The molecule has 16 heavy (non-hydrogen) atoms. The predicted octanol–water partition coefficient (Wildman–Crippen LogP) is 1.39. The summed E-state index contributed by atoms with van der Waals surface area (Å²) in [5, 5.41) is 11.2. The fourth-order valence-electron chi connectivity index (χ4n) is 1.96. The Morgan fingerprint density at radius 1 is 1.12 bits per heavy atom. The number of hydrogen-bond acceptors (Lipinski definition) is 3. The summed E-state index contributed by atoms with van der Waals surface area (Å²) in [5.74, 6) is 1.11. The van der Waals surface area contributed by atoms with Crippen molar-refractivity contribution in [1.82, 2.24) is 15.1 Å². The topological polar surface area (TPSA) is 41.9 Å². The minimum absolute atomic E-state index is 0.884. The number of anilines is 1. The molecule has 4 nitrogen and oxygen atoms in total. The van der Waals surface area contributed by atoms with Crippen molar-refractivity contribution in [3.8, 4) is 5.69 Å². The van der Waals surface area contributed by atoms with Gasteiger partial charge in [0.1, 0.15) is 5.82 Å². The van der Waals surface area contributed by atoms with Crippen LogP contribution in [0.3, 0.4) is 0 Å². The van der Waals surface area contributed by atoms with Crippen molar-refractivity contribution >= 4 is 5.82 Å². The van der Waals surface area contributed by atoms with Gasteiger partial charge < -0.3 is 10.6 Å². The molecular weight excluding hydrogens is 200 g/mol. The van der Waals surface area contributed by atoms with Crippen LogP contribution in [0.15, 0.2) is 36.5 Å². The van der Waals surface area contributed by atoms with E-state index < -0.39 is 0 Å². The molecule has 2 N–H and O–H groups in total. The van der Waals surface area contributed by atoms with Crippen molar-refractivity contribution in [1.29, 1.82) is 0 Å². The van der Waals surface area contributed by atoms with E-state index in [1.807, 2.05) is 29.1 Å². The first-order valence-corrected chi connectivity index (χ1v) is 5.52. The fourth-order valence-corrected chi connectivity index (χ4v) is 1.96. The molecule has 0 bridgehead atoms. The molecule has 1 aromatic heterocycles. The molecule has 1 aliphatic heterocycles. The summed E-state index contributed by atoms with van der Waals surface area (Å²) in [6.07, 6.45) is 1.92. The minimum atomic E-state index is 0.884. The minimum Gasteiger partial charge on any atom is -0.368 e. The Labute approximate surface area is 94.3 Å². The molecule has 0 saturated carbocycles. The SMILES string of the molecule is c1ccc(-n2ncc3c2NCCNC3)cc1. The molecule has 0 saturated heterocycles. The molecule has 0 radical (unpaired) electrons. The number of para-hydroxylation sites is 1. The van der Waals surface area contributed by atoms with Gasteiger partial charge in [0, 0.05) is 25.2 Å². The summed E-state index contributed by atoms with van der Waals surface area (Å²) in [6, 6.07) is 10.2. The van der Waals surface area contributed by atoms with E-state index in [9.17, 15) is 0 Å². The maximum atomic E-state index is 4.42. The molecule has 0 spiro atoms. The van der Waals surface area contributed by atoms with Crippen molar-refractivity contribution in [3.05, 3.63) is 42.1 Å². The highest BCUT2D eigenvalue weighted by Crippen LogP contribution is 2.20. The molecule has 0 atom stereocenters. The molecule has 82 valence electrons. The van der Waals surface area contributed by atoms with Crippen molar-refractivity contribution in [2.45, 2.75) is 6.54 Å². The van der Waals surface area contributed by atoms with Crippen LogP contribution in [0.25, 0.3) is 5.69 Å². The van der Waals surface area contributed by atoms with E-state index >= 15 is 0 Å². The Kier molecular flexibility index (Phi) is 2.34. The molecule has 0 aliphatic carbocycles. The van der Waals surface area contributed by atoms with Crippen molar-refractivity contribution < 1.29 is 0 Å². The fraction of sp³-hybridized carbons (Fsp3) is 0.250. The van der Waals surface area contributed by atoms with Crippen molar-refractivity contribution in [2.24, 2.45) is 0 Å². The molecule has 0 fully saturated rings. The zero-order chi connectivity index (χ0) is 10.8. The van der Waals surface area contributed by atoms with Crippen LogP contribution in [0.4, 0.5) is 5.82 Å². The van der Waals surface area contributed by atoms with E-state index in [-0.39, 0.29) is 0 Å². The summed E-state index contributed by atoms with van der Waals surface area (Å²) in [4.78, 5) is 0. The van der Waals surface area contributed by atoms with Gasteiger partial charge in [-0.25, -0.2) is 4.68 Å². The molecule has 2 heterocycles. The van der Waals surface area contributed by atoms with E-state index in [0.717, 1.165) is 31.1 Å². The van der Waals surface area contributed by atoms with E-state index in [1.165, 1.54) is 5.56 Å². The van der Waals surface area contributed by atoms with E-state index in [0.29, 0.717) is 0 Å². The lowest BCUT2D eigenvalue weighted by atomic mass is 10.3. The normalized spacial score (nSPS) is 15.0. The number of nitrogens with zero attached hydrogens (tertiary/aromatic N) is 2. The van der Waals surface area contributed by atoms with Gasteiger partial charge in [-0.3, -0.25) is 0 Å². The Morgan fingerprint density at radius 3 is 2.88 bits per heavy atom. The Morgan fingerprint density at radius 2 is 2.00 bits per heavy atom. The smallest absolute Gasteiger partial charge is 0.134 e. The first-order chi connectivity index (χ1) is 7.95. The zero-order valence-electron chi connectivity index (χ0n) is 8.98. The Hall–Kier alpha value is -1.81. The molecule has 1 aromatic carbocycles. The summed E-state index contributed by atoms with van der Waals surface area (Å²) >= 11 is 0. The second kappa shape index (κ2) is 3.98. The Balaban J connectivity index is 2.06. The standard InChI is InChI=1S/C12H14N4/c1-2-4-11(5-3-1)16-12-10(9-15-16)8-13-6-7-14-12/h1-5,9,13-14H,6-8H2. The van der Waals surface area contributed by atoms with Gasteiger partial charge in [0.15, 0.2) is 0 Å². The first kappa shape index (κ1) is 9.42. The van der Waals surface area contributed by atoms with Gasteiger partial charge in [0.2, 0.25) is 0 Å². The lowest BCUT2D eigenvalue weighted by molar-refractivity contribution is 0.723. The first-order valence-electron chi connectivity index (χ1n) is 5.52. The third kappa shape index (κ3) is 1.57. The third-order valence-electron chi connectivity index (χ3n) is 2.76. The molecule has 0 amide bonds. The highest BCUT2D eigenvalue weighted by Gasteiger charge is 2.13. The van der Waals surface area contributed by atoms with E-state index in [2.05, 4.69) is 27.9 Å². The van der Waals surface area contributed by atoms with Gasteiger partial charge >= 0.3 is 0 Å². The zero-order valence-corrected chi connectivity index (χ0v) is 8.98. The quantitative estimate of drug-likeness (QED) is 0.753. The second-order valence-corrected chi connectivity index (χ2v) is 3.87. The van der Waals surface area contributed by atoms with Gasteiger partial charge in [-0.05, 0) is 12.1 Å². The molecule has 4 heteroatoms. The monoisotopic (exact) mass is 214 g/mol. The maximum Gasteiger partial charge on any atom is 0.134 e. The van der Waals surface area contributed by atoms with Gasteiger partial charge in [-0.15, -0.1) is 0 Å². The van der Waals surface area contributed by atoms with Crippen LogP contribution in [-0.2, 0) is 6.54 Å². The van der Waals surface area contributed by atoms with Gasteiger partial charge in [0.05, 0.1) is 11.9 Å². The van der Waals surface area contributed by atoms with E-state index in [1.54, 1.807) is 0 Å². The summed E-state index contributed by atoms with van der Waals surface area (Å²) < 4.78 is 1.96. The van der Waals surface area contributed by atoms with Gasteiger partial charge in [-0.2, -0.15) is 5.10 Å². The highest BCUT2D eigenvalue weighted by atomic mass is 15.3. The van der Waals surface area contributed by atoms with Gasteiger partial charge in [-0.1, -0.05) is 18.2 Å². The lowest BCUT2D eigenvalue weighted by Crippen LogP contribution is -2.17.